The van der Waals surface area contributed by atoms with E-state index in [1.165, 1.54) is 5.56 Å². The summed E-state index contributed by atoms with van der Waals surface area (Å²) in [6.45, 7) is 2.42. The number of piperidine rings is 1. The minimum atomic E-state index is -1.84. The van der Waals surface area contributed by atoms with Crippen LogP contribution in [0, 0.1) is 0 Å². The fourth-order valence-corrected chi connectivity index (χ4v) is 4.17. The molecule has 0 radical (unpaired) electrons. The summed E-state index contributed by atoms with van der Waals surface area (Å²) < 4.78 is 5.91. The standard InChI is InChI=1S/C28H29NO3.ClH/c30-27(28(31,24-15-6-2-7-16-24)25-17-8-3-9-18-25)32-26-19-11-21-29(22-26)20-10-14-23-12-4-1-5-13-23;/h1-10,12-18,26,31H,11,19-22H2;1H/b14-10+;. The van der Waals surface area contributed by atoms with Crippen molar-refractivity contribution in [2.24, 2.45) is 0 Å². The number of rotatable bonds is 7. The highest BCUT2D eigenvalue weighted by atomic mass is 35.5. The monoisotopic (exact) mass is 463 g/mol. The summed E-state index contributed by atoms with van der Waals surface area (Å²) in [5, 5.41) is 11.6. The fraction of sp³-hybridized carbons (Fsp3) is 0.250. The van der Waals surface area contributed by atoms with E-state index in [4.69, 9.17) is 4.74 Å². The van der Waals surface area contributed by atoms with Crippen LogP contribution in [0.2, 0.25) is 0 Å². The molecule has 3 aromatic carbocycles. The topological polar surface area (TPSA) is 49.8 Å². The van der Waals surface area contributed by atoms with Gasteiger partial charge >= 0.3 is 5.97 Å². The second kappa shape index (κ2) is 11.8. The molecule has 0 aromatic heterocycles. The second-order valence-electron chi connectivity index (χ2n) is 8.18. The van der Waals surface area contributed by atoms with Crippen molar-refractivity contribution in [2.45, 2.75) is 24.5 Å². The Kier molecular flexibility index (Phi) is 8.84. The van der Waals surface area contributed by atoms with Crippen LogP contribution in [0.4, 0.5) is 0 Å². The van der Waals surface area contributed by atoms with Crippen LogP contribution in [-0.4, -0.2) is 41.7 Å². The number of nitrogens with zero attached hydrogens (tertiary/aromatic N) is 1. The molecule has 1 aliphatic heterocycles. The molecule has 4 rings (SSSR count). The van der Waals surface area contributed by atoms with Gasteiger partial charge in [0.2, 0.25) is 5.60 Å². The quantitative estimate of drug-likeness (QED) is 0.497. The van der Waals surface area contributed by atoms with Crippen molar-refractivity contribution in [3.63, 3.8) is 0 Å². The summed E-state index contributed by atoms with van der Waals surface area (Å²) >= 11 is 0. The number of benzene rings is 3. The number of aliphatic hydroxyl groups is 1. The molecule has 172 valence electrons. The number of ether oxygens (including phenoxy) is 1. The Bertz CT molecular complexity index is 985. The van der Waals surface area contributed by atoms with Crippen LogP contribution in [0.1, 0.15) is 29.5 Å². The Morgan fingerprint density at radius 1 is 0.939 bits per heavy atom. The van der Waals surface area contributed by atoms with E-state index in [2.05, 4.69) is 29.2 Å². The van der Waals surface area contributed by atoms with E-state index >= 15 is 0 Å². The lowest BCUT2D eigenvalue weighted by Crippen LogP contribution is -2.45. The van der Waals surface area contributed by atoms with Gasteiger partial charge in [-0.3, -0.25) is 4.90 Å². The summed E-state index contributed by atoms with van der Waals surface area (Å²) in [4.78, 5) is 15.6. The van der Waals surface area contributed by atoms with Gasteiger partial charge in [-0.25, -0.2) is 4.79 Å². The average Bonchev–Trinajstić information content (AvgIpc) is 2.85. The third-order valence-electron chi connectivity index (χ3n) is 5.89. The number of halogens is 1. The van der Waals surface area contributed by atoms with E-state index in [1.807, 2.05) is 54.6 Å². The smallest absolute Gasteiger partial charge is 0.348 e. The van der Waals surface area contributed by atoms with Gasteiger partial charge in [0, 0.05) is 13.1 Å². The fourth-order valence-electron chi connectivity index (χ4n) is 4.17. The van der Waals surface area contributed by atoms with E-state index < -0.39 is 11.6 Å². The largest absolute Gasteiger partial charge is 0.458 e. The van der Waals surface area contributed by atoms with E-state index in [9.17, 15) is 9.90 Å². The number of likely N-dealkylation sites (tertiary alicyclic amines) is 1. The van der Waals surface area contributed by atoms with Crippen LogP contribution in [0.25, 0.3) is 6.08 Å². The van der Waals surface area contributed by atoms with E-state index in [0.717, 1.165) is 25.9 Å². The predicted octanol–water partition coefficient (Wildman–Crippen LogP) is 5.07. The van der Waals surface area contributed by atoms with Crippen LogP contribution in [0.5, 0.6) is 0 Å². The van der Waals surface area contributed by atoms with Crippen molar-refractivity contribution in [1.29, 1.82) is 0 Å². The van der Waals surface area contributed by atoms with Crippen molar-refractivity contribution in [2.75, 3.05) is 19.6 Å². The SMILES string of the molecule is Cl.O=C(OC1CCCN(C/C=C/c2ccccc2)C1)C(O)(c1ccccc1)c1ccccc1. The van der Waals surface area contributed by atoms with Crippen molar-refractivity contribution in [1.82, 2.24) is 4.90 Å². The molecule has 0 amide bonds. The third-order valence-corrected chi connectivity index (χ3v) is 5.89. The molecule has 1 fully saturated rings. The molecule has 5 heteroatoms. The maximum atomic E-state index is 13.3. The molecule has 1 saturated heterocycles. The molecule has 1 unspecified atom stereocenters. The van der Waals surface area contributed by atoms with Gasteiger partial charge in [-0.15, -0.1) is 12.4 Å². The minimum Gasteiger partial charge on any atom is -0.458 e. The third kappa shape index (κ3) is 6.11. The van der Waals surface area contributed by atoms with Gasteiger partial charge in [0.1, 0.15) is 6.10 Å². The highest BCUT2D eigenvalue weighted by molar-refractivity contribution is 5.86. The Morgan fingerprint density at radius 3 is 2.06 bits per heavy atom. The maximum Gasteiger partial charge on any atom is 0.348 e. The average molecular weight is 464 g/mol. The number of esters is 1. The summed E-state index contributed by atoms with van der Waals surface area (Å²) in [5.74, 6) is -0.624. The Balaban J connectivity index is 0.00000306. The van der Waals surface area contributed by atoms with E-state index in [0.29, 0.717) is 17.7 Å². The van der Waals surface area contributed by atoms with Crippen molar-refractivity contribution < 1.29 is 14.6 Å². The van der Waals surface area contributed by atoms with Crippen molar-refractivity contribution in [3.8, 4) is 0 Å². The molecular weight excluding hydrogens is 434 g/mol. The second-order valence-corrected chi connectivity index (χ2v) is 8.18. The molecule has 1 atom stereocenters. The molecule has 33 heavy (non-hydrogen) atoms. The molecule has 1 N–H and O–H groups in total. The lowest BCUT2D eigenvalue weighted by molar-refractivity contribution is -0.170. The van der Waals surface area contributed by atoms with Gasteiger partial charge in [-0.2, -0.15) is 0 Å². The molecule has 3 aromatic rings. The van der Waals surface area contributed by atoms with Gasteiger partial charge in [0.05, 0.1) is 0 Å². The first kappa shape index (κ1) is 24.7. The highest BCUT2D eigenvalue weighted by Crippen LogP contribution is 2.32. The number of hydrogen-bond acceptors (Lipinski definition) is 4. The first-order chi connectivity index (χ1) is 15.7. The number of hydrogen-bond donors (Lipinski definition) is 1. The van der Waals surface area contributed by atoms with Gasteiger partial charge in [0.15, 0.2) is 0 Å². The van der Waals surface area contributed by atoms with Crippen LogP contribution in [-0.2, 0) is 15.1 Å². The van der Waals surface area contributed by atoms with Gasteiger partial charge in [-0.1, -0.05) is 103 Å². The van der Waals surface area contributed by atoms with Gasteiger partial charge < -0.3 is 9.84 Å². The normalized spacial score (nSPS) is 16.8. The van der Waals surface area contributed by atoms with Crippen molar-refractivity contribution >= 4 is 24.5 Å². The lowest BCUT2D eigenvalue weighted by atomic mass is 9.86. The zero-order valence-corrected chi connectivity index (χ0v) is 19.4. The Morgan fingerprint density at radius 2 is 1.48 bits per heavy atom. The Hall–Kier alpha value is -2.92. The molecular formula is C28H30ClNO3. The highest BCUT2D eigenvalue weighted by Gasteiger charge is 2.43. The first-order valence-electron chi connectivity index (χ1n) is 11.1. The summed E-state index contributed by atoms with van der Waals surface area (Å²) in [6, 6.07) is 28.2. The summed E-state index contributed by atoms with van der Waals surface area (Å²) in [5.41, 5.74) is 0.352. The lowest BCUT2D eigenvalue weighted by Gasteiger charge is -2.34. The van der Waals surface area contributed by atoms with Crippen LogP contribution >= 0.6 is 12.4 Å². The van der Waals surface area contributed by atoms with Gasteiger partial charge in [-0.05, 0) is 36.1 Å². The summed E-state index contributed by atoms with van der Waals surface area (Å²) in [7, 11) is 0. The first-order valence-corrected chi connectivity index (χ1v) is 11.1. The molecule has 0 spiro atoms. The van der Waals surface area contributed by atoms with E-state index in [-0.39, 0.29) is 18.5 Å². The summed E-state index contributed by atoms with van der Waals surface area (Å²) in [6.07, 6.45) is 5.75. The molecule has 0 saturated carbocycles. The van der Waals surface area contributed by atoms with Crippen LogP contribution < -0.4 is 0 Å². The molecule has 1 aliphatic rings. The molecule has 0 bridgehead atoms. The van der Waals surface area contributed by atoms with Crippen LogP contribution in [0.15, 0.2) is 97.1 Å². The molecule has 4 nitrogen and oxygen atoms in total. The predicted molar refractivity (Wildman–Crippen MR) is 134 cm³/mol. The number of carbonyl (C=O) groups excluding carboxylic acids is 1. The molecule has 1 heterocycles. The zero-order valence-electron chi connectivity index (χ0n) is 18.5. The van der Waals surface area contributed by atoms with Gasteiger partial charge in [0.25, 0.3) is 0 Å². The zero-order chi connectivity index (χ0) is 22.2. The Labute approximate surface area is 201 Å². The van der Waals surface area contributed by atoms with Crippen LogP contribution in [0.3, 0.4) is 0 Å². The van der Waals surface area contributed by atoms with Crippen molar-refractivity contribution in [3.05, 3.63) is 114 Å². The number of carbonyl (C=O) groups is 1. The molecule has 0 aliphatic carbocycles. The minimum absolute atomic E-state index is 0. The van der Waals surface area contributed by atoms with E-state index in [1.54, 1.807) is 24.3 Å². The maximum absolute atomic E-state index is 13.3.